The summed E-state index contributed by atoms with van der Waals surface area (Å²) in [5.41, 5.74) is 2.79. The van der Waals surface area contributed by atoms with Gasteiger partial charge in [0.25, 0.3) is 0 Å². The first-order valence-corrected chi connectivity index (χ1v) is 8.35. The van der Waals surface area contributed by atoms with Gasteiger partial charge in [-0.05, 0) is 36.8 Å². The molecule has 3 rings (SSSR count). The summed E-state index contributed by atoms with van der Waals surface area (Å²) in [6.45, 7) is 3.11. The maximum Gasteiger partial charge on any atom is 0.234 e. The number of rotatable bonds is 8. The smallest absolute Gasteiger partial charge is 0.234 e. The molecule has 0 fully saturated rings. The van der Waals surface area contributed by atoms with Crippen LogP contribution in [-0.4, -0.2) is 29.8 Å². The van der Waals surface area contributed by atoms with Crippen LogP contribution in [0.1, 0.15) is 16.9 Å². The summed E-state index contributed by atoms with van der Waals surface area (Å²) < 4.78 is 10.7. The fraction of sp³-hybridized carbons (Fsp3) is 0.263. The van der Waals surface area contributed by atoms with Crippen molar-refractivity contribution in [2.75, 3.05) is 13.7 Å². The van der Waals surface area contributed by atoms with E-state index in [0.29, 0.717) is 13.1 Å². The Bertz CT molecular complexity index is 852. The second kappa shape index (κ2) is 8.35. The Kier molecular flexibility index (Phi) is 5.70. The highest BCUT2D eigenvalue weighted by molar-refractivity contribution is 5.78. The lowest BCUT2D eigenvalue weighted by molar-refractivity contribution is -0.120. The first-order valence-electron chi connectivity index (χ1n) is 8.35. The third-order valence-electron chi connectivity index (χ3n) is 3.95. The summed E-state index contributed by atoms with van der Waals surface area (Å²) in [5.74, 6) is 2.30. The van der Waals surface area contributed by atoms with Gasteiger partial charge in [0, 0.05) is 18.7 Å². The molecule has 0 unspecified atom stereocenters. The summed E-state index contributed by atoms with van der Waals surface area (Å²) >= 11 is 0. The summed E-state index contributed by atoms with van der Waals surface area (Å²) in [6.07, 6.45) is 1.73. The number of hydrogen-bond donors (Lipinski definition) is 3. The van der Waals surface area contributed by atoms with Crippen molar-refractivity contribution in [3.8, 4) is 17.2 Å². The quantitative estimate of drug-likeness (QED) is 0.578. The van der Waals surface area contributed by atoms with E-state index >= 15 is 0 Å². The normalized spacial score (nSPS) is 10.7. The zero-order valence-corrected chi connectivity index (χ0v) is 14.8. The molecule has 3 N–H and O–H groups in total. The predicted molar refractivity (Wildman–Crippen MR) is 97.6 cm³/mol. The van der Waals surface area contributed by atoms with Gasteiger partial charge in [-0.2, -0.15) is 5.10 Å². The number of ether oxygens (including phenoxy) is 1. The fourth-order valence-corrected chi connectivity index (χ4v) is 2.54. The van der Waals surface area contributed by atoms with Gasteiger partial charge in [0.15, 0.2) is 5.76 Å². The van der Waals surface area contributed by atoms with Crippen molar-refractivity contribution in [1.82, 2.24) is 20.8 Å². The highest BCUT2D eigenvalue weighted by Crippen LogP contribution is 2.23. The van der Waals surface area contributed by atoms with Crippen molar-refractivity contribution in [3.05, 3.63) is 59.5 Å². The van der Waals surface area contributed by atoms with Crippen molar-refractivity contribution in [3.63, 3.8) is 0 Å². The monoisotopic (exact) mass is 354 g/mol. The number of aryl methyl sites for hydroxylation is 1. The van der Waals surface area contributed by atoms with Crippen LogP contribution in [0.5, 0.6) is 5.75 Å². The molecule has 0 aliphatic carbocycles. The molecule has 1 amide bonds. The number of H-pyrrole nitrogens is 1. The molecule has 0 saturated heterocycles. The molecule has 0 saturated carbocycles. The molecular weight excluding hydrogens is 332 g/mol. The number of nitrogens with one attached hydrogen (secondary N) is 3. The van der Waals surface area contributed by atoms with Gasteiger partial charge in [-0.25, -0.2) is 0 Å². The number of furan rings is 1. The van der Waals surface area contributed by atoms with Gasteiger partial charge in [0.2, 0.25) is 5.91 Å². The summed E-state index contributed by atoms with van der Waals surface area (Å²) in [5, 5.41) is 13.0. The molecule has 26 heavy (non-hydrogen) atoms. The van der Waals surface area contributed by atoms with Crippen LogP contribution in [0.15, 0.2) is 47.0 Å². The van der Waals surface area contributed by atoms with Gasteiger partial charge in [-0.1, -0.05) is 12.1 Å². The number of carbonyl (C=O) groups excluding carboxylic acids is 1. The lowest BCUT2D eigenvalue weighted by Gasteiger charge is -2.07. The molecule has 3 aromatic rings. The zero-order valence-electron chi connectivity index (χ0n) is 14.8. The van der Waals surface area contributed by atoms with E-state index in [1.165, 1.54) is 0 Å². The molecule has 2 aromatic heterocycles. The summed E-state index contributed by atoms with van der Waals surface area (Å²) in [4.78, 5) is 12.0. The minimum absolute atomic E-state index is 0.0697. The number of nitrogens with zero attached hydrogens (tertiary/aromatic N) is 1. The Labute approximate surface area is 151 Å². The lowest BCUT2D eigenvalue weighted by atomic mass is 10.2. The van der Waals surface area contributed by atoms with E-state index in [4.69, 9.17) is 9.15 Å². The van der Waals surface area contributed by atoms with E-state index in [2.05, 4.69) is 20.8 Å². The predicted octanol–water partition coefficient (Wildman–Crippen LogP) is 2.39. The Morgan fingerprint density at radius 3 is 2.69 bits per heavy atom. The molecule has 0 bridgehead atoms. The number of carbonyl (C=O) groups is 1. The molecule has 7 heteroatoms. The number of methoxy groups -OCH3 is 1. The van der Waals surface area contributed by atoms with E-state index in [9.17, 15) is 4.79 Å². The lowest BCUT2D eigenvalue weighted by Crippen LogP contribution is -2.33. The molecule has 2 heterocycles. The largest absolute Gasteiger partial charge is 0.497 e. The van der Waals surface area contributed by atoms with Gasteiger partial charge >= 0.3 is 0 Å². The molecule has 136 valence electrons. The number of amides is 1. The molecule has 0 radical (unpaired) electrons. The minimum atomic E-state index is -0.0697. The first kappa shape index (κ1) is 17.8. The van der Waals surface area contributed by atoms with Gasteiger partial charge in [0.05, 0.1) is 19.9 Å². The number of benzene rings is 1. The van der Waals surface area contributed by atoms with E-state index in [0.717, 1.165) is 34.1 Å². The van der Waals surface area contributed by atoms with Crippen molar-refractivity contribution in [1.29, 1.82) is 0 Å². The average molecular weight is 354 g/mol. The minimum Gasteiger partial charge on any atom is -0.497 e. The van der Waals surface area contributed by atoms with Crippen LogP contribution in [0.25, 0.3) is 11.5 Å². The first-order chi connectivity index (χ1) is 12.7. The van der Waals surface area contributed by atoms with Crippen LogP contribution >= 0.6 is 0 Å². The molecular formula is C19H22N4O3. The van der Waals surface area contributed by atoms with Crippen LogP contribution in [0.2, 0.25) is 0 Å². The number of aromatic nitrogens is 2. The zero-order chi connectivity index (χ0) is 18.4. The second-order valence-corrected chi connectivity index (χ2v) is 5.91. The van der Waals surface area contributed by atoms with Crippen LogP contribution in [-0.2, 0) is 17.9 Å². The molecule has 0 aliphatic heterocycles. The van der Waals surface area contributed by atoms with Gasteiger partial charge in [-0.15, -0.1) is 0 Å². The Morgan fingerprint density at radius 1 is 1.19 bits per heavy atom. The van der Waals surface area contributed by atoms with Crippen molar-refractivity contribution in [2.24, 2.45) is 0 Å². The molecule has 1 aromatic carbocycles. The Hall–Kier alpha value is -3.06. The van der Waals surface area contributed by atoms with Crippen molar-refractivity contribution >= 4 is 5.91 Å². The number of hydrogen-bond acceptors (Lipinski definition) is 5. The van der Waals surface area contributed by atoms with Crippen molar-refractivity contribution < 1.29 is 13.9 Å². The molecule has 0 spiro atoms. The third-order valence-corrected chi connectivity index (χ3v) is 3.95. The van der Waals surface area contributed by atoms with Gasteiger partial charge < -0.3 is 19.8 Å². The average Bonchev–Trinajstić information content (AvgIpc) is 3.29. The van der Waals surface area contributed by atoms with Crippen molar-refractivity contribution in [2.45, 2.75) is 20.0 Å². The highest BCUT2D eigenvalue weighted by Gasteiger charge is 2.11. The summed E-state index contributed by atoms with van der Waals surface area (Å²) in [7, 11) is 1.63. The standard InChI is InChI=1S/C19H22N4O3/c1-13-3-8-17(26-13)19-15(11-22-23-19)10-20-12-18(24)21-9-14-4-6-16(25-2)7-5-14/h3-8,11,20H,9-10,12H2,1-2H3,(H,21,24)(H,22,23). The highest BCUT2D eigenvalue weighted by atomic mass is 16.5. The molecule has 0 atom stereocenters. The van der Waals surface area contributed by atoms with E-state index in [-0.39, 0.29) is 12.5 Å². The molecule has 0 aliphatic rings. The fourth-order valence-electron chi connectivity index (χ4n) is 2.54. The van der Waals surface area contributed by atoms with E-state index in [1.54, 1.807) is 13.3 Å². The van der Waals surface area contributed by atoms with Crippen LogP contribution in [0, 0.1) is 6.92 Å². The second-order valence-electron chi connectivity index (χ2n) is 5.91. The van der Waals surface area contributed by atoms with Crippen LogP contribution in [0.4, 0.5) is 0 Å². The van der Waals surface area contributed by atoms with Gasteiger partial charge in [0.1, 0.15) is 17.2 Å². The molecule has 7 nitrogen and oxygen atoms in total. The van der Waals surface area contributed by atoms with Crippen LogP contribution in [0.3, 0.4) is 0 Å². The van der Waals surface area contributed by atoms with E-state index < -0.39 is 0 Å². The number of aromatic amines is 1. The Morgan fingerprint density at radius 2 is 2.00 bits per heavy atom. The van der Waals surface area contributed by atoms with Gasteiger partial charge in [-0.3, -0.25) is 9.89 Å². The summed E-state index contributed by atoms with van der Waals surface area (Å²) in [6, 6.07) is 11.4. The Balaban J connectivity index is 1.45. The SMILES string of the molecule is COc1ccc(CNC(=O)CNCc2cn[nH]c2-c2ccc(C)o2)cc1. The topological polar surface area (TPSA) is 92.2 Å². The third kappa shape index (κ3) is 4.52. The van der Waals surface area contributed by atoms with E-state index in [1.807, 2.05) is 43.3 Å². The maximum absolute atomic E-state index is 12.0. The maximum atomic E-state index is 12.0. The van der Waals surface area contributed by atoms with Crippen LogP contribution < -0.4 is 15.4 Å².